The fraction of sp³-hybridized carbons (Fsp3) is 0.667. The van der Waals surface area contributed by atoms with Gasteiger partial charge in [-0.15, -0.1) is 0 Å². The Morgan fingerprint density at radius 2 is 1.92 bits per heavy atom. The molecule has 1 N–H and O–H groups in total. The van der Waals surface area contributed by atoms with Crippen molar-refractivity contribution in [3.63, 3.8) is 0 Å². The first-order valence-corrected chi connectivity index (χ1v) is 13.4. The van der Waals surface area contributed by atoms with E-state index in [2.05, 4.69) is 18.3 Å². The van der Waals surface area contributed by atoms with E-state index in [0.29, 0.717) is 22.9 Å². The zero-order valence-electron chi connectivity index (χ0n) is 21.3. The normalized spacial score (nSPS) is 39.0. The van der Waals surface area contributed by atoms with Gasteiger partial charge in [-0.1, -0.05) is 37.6 Å². The van der Waals surface area contributed by atoms with Gasteiger partial charge in [0.1, 0.15) is 6.04 Å². The fourth-order valence-corrected chi connectivity index (χ4v) is 6.62. The van der Waals surface area contributed by atoms with Crippen LogP contribution in [-0.2, 0) is 33.6 Å². The van der Waals surface area contributed by atoms with E-state index >= 15 is 0 Å². The van der Waals surface area contributed by atoms with Crippen molar-refractivity contribution in [2.75, 3.05) is 0 Å². The van der Waals surface area contributed by atoms with E-state index in [1.54, 1.807) is 24.3 Å². The second-order valence-corrected chi connectivity index (χ2v) is 11.4. The van der Waals surface area contributed by atoms with Crippen LogP contribution in [0.3, 0.4) is 0 Å². The Kier molecular flexibility index (Phi) is 7.24. The predicted octanol–water partition coefficient (Wildman–Crippen LogP) is 4.55. The zero-order chi connectivity index (χ0) is 26.4. The van der Waals surface area contributed by atoms with Gasteiger partial charge >= 0.3 is 5.97 Å². The Balaban J connectivity index is 1.20. The Morgan fingerprint density at radius 1 is 1.16 bits per heavy atom. The number of hydrogen-bond acceptors (Lipinski definition) is 8. The van der Waals surface area contributed by atoms with E-state index in [-0.39, 0.29) is 30.6 Å². The van der Waals surface area contributed by atoms with Crippen LogP contribution in [0.1, 0.15) is 70.9 Å². The summed E-state index contributed by atoms with van der Waals surface area (Å²) in [5.41, 5.74) is -0.122. The highest BCUT2D eigenvalue weighted by Crippen LogP contribution is 2.60. The van der Waals surface area contributed by atoms with E-state index in [4.69, 9.17) is 35.6 Å². The average Bonchev–Trinajstić information content (AvgIpc) is 3.11. The molecule has 1 spiro atoms. The Hall–Kier alpha value is -2.22. The van der Waals surface area contributed by atoms with Gasteiger partial charge in [0, 0.05) is 29.7 Å². The van der Waals surface area contributed by atoms with Crippen LogP contribution in [0.2, 0.25) is 5.02 Å². The zero-order valence-corrected chi connectivity index (χ0v) is 22.0. The molecule has 6 rings (SSSR count). The van der Waals surface area contributed by atoms with Crippen LogP contribution in [0.4, 0.5) is 0 Å². The van der Waals surface area contributed by atoms with Gasteiger partial charge in [-0.25, -0.2) is 9.78 Å². The lowest BCUT2D eigenvalue weighted by molar-refractivity contribution is -0.576. The number of carbonyl (C=O) groups excluding carboxylic acids is 2. The lowest BCUT2D eigenvalue weighted by Crippen LogP contribution is -2.70. The molecule has 37 heavy (non-hydrogen) atoms. The number of ether oxygens (including phenoxy) is 3. The lowest BCUT2D eigenvalue weighted by atomic mass is 9.58. The largest absolute Gasteiger partial charge is 0.435 e. The molecule has 1 saturated carbocycles. The van der Waals surface area contributed by atoms with Gasteiger partial charge in [0.25, 0.3) is 0 Å². The number of halogens is 1. The summed E-state index contributed by atoms with van der Waals surface area (Å²) >= 11 is 5.89. The van der Waals surface area contributed by atoms with Crippen LogP contribution in [0.5, 0.6) is 0 Å². The highest BCUT2D eigenvalue weighted by molar-refractivity contribution is 6.30. The van der Waals surface area contributed by atoms with Crippen molar-refractivity contribution in [3.05, 3.63) is 34.9 Å². The topological polar surface area (TPSA) is 116 Å². The maximum atomic E-state index is 12.7. The molecule has 5 fully saturated rings. The van der Waals surface area contributed by atoms with Crippen LogP contribution in [0.15, 0.2) is 24.3 Å². The monoisotopic (exact) mass is 532 g/mol. The number of hydrogen-bond donors (Lipinski definition) is 1. The molecule has 4 heterocycles. The van der Waals surface area contributed by atoms with Gasteiger partial charge in [0.15, 0.2) is 11.9 Å². The molecule has 5 aliphatic rings. The van der Waals surface area contributed by atoms with Crippen molar-refractivity contribution in [1.29, 1.82) is 5.26 Å². The minimum Gasteiger partial charge on any atom is -0.435 e. The Labute approximate surface area is 221 Å². The smallest absolute Gasteiger partial charge is 0.308 e. The molecule has 4 saturated heterocycles. The molecule has 0 aromatic heterocycles. The third kappa shape index (κ3) is 4.86. The SMILES string of the molecule is C[C@@H]1CCC2[C@@H](C)[C@H](OC(=O)CCC(=O)NC(C#N)c3ccc(Cl)cc3)O[C@@H]3O[C@]4(C)CCC1[C@@]23OO4. The molecule has 10 heteroatoms. The number of amides is 1. The molecule has 9 nitrogen and oxygen atoms in total. The van der Waals surface area contributed by atoms with E-state index in [1.165, 1.54) is 0 Å². The van der Waals surface area contributed by atoms with E-state index in [0.717, 1.165) is 19.3 Å². The molecule has 4 aliphatic heterocycles. The van der Waals surface area contributed by atoms with E-state index in [9.17, 15) is 14.9 Å². The summed E-state index contributed by atoms with van der Waals surface area (Å²) in [6.45, 7) is 6.08. The summed E-state index contributed by atoms with van der Waals surface area (Å²) < 4.78 is 18.3. The molecule has 1 aromatic rings. The van der Waals surface area contributed by atoms with Gasteiger partial charge in [-0.2, -0.15) is 5.26 Å². The second-order valence-electron chi connectivity index (χ2n) is 10.9. The number of benzene rings is 1. The molecule has 2 bridgehead atoms. The molecule has 1 aliphatic carbocycles. The van der Waals surface area contributed by atoms with E-state index < -0.39 is 41.9 Å². The van der Waals surface area contributed by atoms with Crippen molar-refractivity contribution >= 4 is 23.5 Å². The van der Waals surface area contributed by atoms with Gasteiger partial charge in [0.2, 0.25) is 18.0 Å². The number of nitriles is 1. The molecule has 0 radical (unpaired) electrons. The summed E-state index contributed by atoms with van der Waals surface area (Å²) in [6.07, 6.45) is 1.76. The quantitative estimate of drug-likeness (QED) is 0.419. The highest BCUT2D eigenvalue weighted by Gasteiger charge is 2.69. The Bertz CT molecular complexity index is 1080. The average molecular weight is 533 g/mol. The summed E-state index contributed by atoms with van der Waals surface area (Å²) in [5.74, 6) is -1.35. The number of rotatable bonds is 6. The van der Waals surface area contributed by atoms with Crippen LogP contribution in [0.25, 0.3) is 0 Å². The first-order valence-electron chi connectivity index (χ1n) is 13.0. The maximum Gasteiger partial charge on any atom is 0.308 e. The first kappa shape index (κ1) is 26.4. The van der Waals surface area contributed by atoms with Gasteiger partial charge in [-0.05, 0) is 55.7 Å². The van der Waals surface area contributed by atoms with Crippen LogP contribution in [0, 0.1) is 35.0 Å². The van der Waals surface area contributed by atoms with Crippen LogP contribution >= 0.6 is 11.6 Å². The highest BCUT2D eigenvalue weighted by atomic mass is 35.5. The van der Waals surface area contributed by atoms with Gasteiger partial charge < -0.3 is 19.5 Å². The summed E-state index contributed by atoms with van der Waals surface area (Å²) in [4.78, 5) is 37.1. The minimum absolute atomic E-state index is 0.0342. The van der Waals surface area contributed by atoms with E-state index in [1.807, 2.05) is 13.8 Å². The second kappa shape index (κ2) is 10.2. The minimum atomic E-state index is -0.911. The van der Waals surface area contributed by atoms with Gasteiger partial charge in [-0.3, -0.25) is 9.59 Å². The van der Waals surface area contributed by atoms with Crippen LogP contribution in [-0.4, -0.2) is 35.8 Å². The van der Waals surface area contributed by atoms with Crippen molar-refractivity contribution in [2.45, 2.75) is 89.3 Å². The van der Waals surface area contributed by atoms with Gasteiger partial charge in [0.05, 0.1) is 12.5 Å². The standard InChI is InChI=1S/C27H33ClN2O7/c1-15-4-9-20-16(2)24(34-25-27(20)19(15)12-13-26(3,35-25)36-37-27)33-23(32)11-10-22(31)30-21(14-29)17-5-7-18(28)8-6-17/h5-8,15-16,19-21,24-25H,4,9-13H2,1-3H3,(H,30,31)/t15-,16-,19?,20?,21?,24-,25-,26+,27-/m1/s1. The summed E-state index contributed by atoms with van der Waals surface area (Å²) in [6, 6.07) is 7.86. The van der Waals surface area contributed by atoms with Crippen molar-refractivity contribution in [2.24, 2.45) is 23.7 Å². The van der Waals surface area contributed by atoms with Crippen molar-refractivity contribution in [3.8, 4) is 6.07 Å². The predicted molar refractivity (Wildman–Crippen MR) is 130 cm³/mol. The maximum absolute atomic E-state index is 12.7. The molecular weight excluding hydrogens is 500 g/mol. The number of fused-ring (bicyclic) bond motifs is 2. The molecular formula is C27H33ClN2O7. The molecule has 200 valence electrons. The number of carbonyl (C=O) groups is 2. The third-order valence-corrected chi connectivity index (χ3v) is 8.79. The molecule has 1 amide bonds. The summed E-state index contributed by atoms with van der Waals surface area (Å²) in [7, 11) is 0. The third-order valence-electron chi connectivity index (χ3n) is 8.54. The Morgan fingerprint density at radius 3 is 2.65 bits per heavy atom. The lowest BCUT2D eigenvalue weighted by Gasteiger charge is -2.59. The first-order chi connectivity index (χ1) is 17.6. The van der Waals surface area contributed by atoms with Crippen LogP contribution < -0.4 is 5.32 Å². The molecule has 3 unspecified atom stereocenters. The fourth-order valence-electron chi connectivity index (χ4n) is 6.49. The number of esters is 1. The summed E-state index contributed by atoms with van der Waals surface area (Å²) in [5, 5.41) is 12.6. The van der Waals surface area contributed by atoms with Crippen molar-refractivity contribution < 1.29 is 33.6 Å². The molecule has 9 atom stereocenters. The van der Waals surface area contributed by atoms with Crippen molar-refractivity contribution in [1.82, 2.24) is 5.32 Å². The number of nitrogens with zero attached hydrogens (tertiary/aromatic N) is 1. The number of nitrogens with one attached hydrogen (secondary N) is 1. The molecule has 1 aromatic carbocycles.